The van der Waals surface area contributed by atoms with Gasteiger partial charge in [0, 0.05) is 19.5 Å². The molecule has 0 spiro atoms. The lowest BCUT2D eigenvalue weighted by Crippen LogP contribution is -2.11. The molecule has 0 fully saturated rings. The molecule has 4 nitrogen and oxygen atoms in total. The first-order chi connectivity index (χ1) is 9.63. The van der Waals surface area contributed by atoms with E-state index >= 15 is 0 Å². The van der Waals surface area contributed by atoms with Gasteiger partial charge in [0.05, 0.1) is 6.04 Å². The van der Waals surface area contributed by atoms with Crippen LogP contribution in [0.15, 0.2) is 30.3 Å². The number of aryl methyl sites for hydroxylation is 2. The molecule has 1 aromatic carbocycles. The minimum absolute atomic E-state index is 0.209. The van der Waals surface area contributed by atoms with Gasteiger partial charge in [-0.2, -0.15) is 0 Å². The van der Waals surface area contributed by atoms with Crippen LogP contribution in [0.5, 0.6) is 0 Å². The number of anilines is 2. The summed E-state index contributed by atoms with van der Waals surface area (Å²) >= 11 is 0. The molecule has 0 aliphatic heterocycles. The zero-order valence-electron chi connectivity index (χ0n) is 12.6. The van der Waals surface area contributed by atoms with Crippen molar-refractivity contribution in [2.24, 2.45) is 0 Å². The summed E-state index contributed by atoms with van der Waals surface area (Å²) in [5.41, 5.74) is 2.57. The summed E-state index contributed by atoms with van der Waals surface area (Å²) in [7, 11) is 1.87. The standard InChI is InChI=1S/C16H22N4/c1-5-14-19-15(17-4)10-16(20-14)18-12(3)13-9-7-6-8-11(13)2/h6-10,12H,5H2,1-4H3,(H2,17,18,19,20). The topological polar surface area (TPSA) is 49.8 Å². The zero-order chi connectivity index (χ0) is 14.5. The van der Waals surface area contributed by atoms with Crippen LogP contribution >= 0.6 is 0 Å². The van der Waals surface area contributed by atoms with Gasteiger partial charge in [-0.25, -0.2) is 9.97 Å². The number of nitrogens with one attached hydrogen (secondary N) is 2. The monoisotopic (exact) mass is 270 g/mol. The van der Waals surface area contributed by atoms with E-state index in [9.17, 15) is 0 Å². The van der Waals surface area contributed by atoms with Crippen LogP contribution in [-0.2, 0) is 6.42 Å². The maximum Gasteiger partial charge on any atom is 0.132 e. The summed E-state index contributed by atoms with van der Waals surface area (Å²) in [5, 5.41) is 6.53. The quantitative estimate of drug-likeness (QED) is 0.872. The predicted molar refractivity (Wildman–Crippen MR) is 84.2 cm³/mol. The number of nitrogens with zero attached hydrogens (tertiary/aromatic N) is 2. The minimum atomic E-state index is 0.209. The average molecular weight is 270 g/mol. The minimum Gasteiger partial charge on any atom is -0.373 e. The number of rotatable bonds is 5. The highest BCUT2D eigenvalue weighted by Gasteiger charge is 2.10. The Hall–Kier alpha value is -2.10. The molecule has 4 heteroatoms. The molecule has 0 aliphatic rings. The number of hydrogen-bond acceptors (Lipinski definition) is 4. The SMILES string of the molecule is CCc1nc(NC)cc(NC(C)c2ccccc2C)n1. The molecule has 20 heavy (non-hydrogen) atoms. The van der Waals surface area contributed by atoms with Crippen molar-refractivity contribution in [3.63, 3.8) is 0 Å². The third kappa shape index (κ3) is 3.26. The molecule has 0 saturated heterocycles. The van der Waals surface area contributed by atoms with Crippen LogP contribution in [-0.4, -0.2) is 17.0 Å². The summed E-state index contributed by atoms with van der Waals surface area (Å²) in [6, 6.07) is 10.5. The van der Waals surface area contributed by atoms with Gasteiger partial charge in [0.15, 0.2) is 0 Å². The van der Waals surface area contributed by atoms with Crippen LogP contribution in [0, 0.1) is 6.92 Å². The predicted octanol–water partition coefficient (Wildman–Crippen LogP) is 3.56. The first kappa shape index (κ1) is 14.3. The highest BCUT2D eigenvalue weighted by atomic mass is 15.1. The van der Waals surface area contributed by atoms with Gasteiger partial charge in [-0.3, -0.25) is 0 Å². The van der Waals surface area contributed by atoms with Crippen molar-refractivity contribution >= 4 is 11.6 Å². The van der Waals surface area contributed by atoms with E-state index in [1.807, 2.05) is 13.1 Å². The molecule has 0 amide bonds. The summed E-state index contributed by atoms with van der Waals surface area (Å²) in [5.74, 6) is 2.55. The highest BCUT2D eigenvalue weighted by molar-refractivity contribution is 5.49. The van der Waals surface area contributed by atoms with Crippen molar-refractivity contribution in [2.45, 2.75) is 33.2 Å². The van der Waals surface area contributed by atoms with E-state index in [1.165, 1.54) is 11.1 Å². The van der Waals surface area contributed by atoms with E-state index in [0.717, 1.165) is 23.9 Å². The molecule has 1 unspecified atom stereocenters. The van der Waals surface area contributed by atoms with E-state index in [2.05, 4.69) is 65.6 Å². The molecule has 2 aromatic rings. The van der Waals surface area contributed by atoms with Crippen LogP contribution in [0.4, 0.5) is 11.6 Å². The Morgan fingerprint density at radius 2 is 1.85 bits per heavy atom. The summed E-state index contributed by atoms with van der Waals surface area (Å²) in [6.07, 6.45) is 0.822. The molecule has 1 heterocycles. The molecule has 106 valence electrons. The summed E-state index contributed by atoms with van der Waals surface area (Å²) in [4.78, 5) is 8.94. The van der Waals surface area contributed by atoms with Crippen LogP contribution in [0.3, 0.4) is 0 Å². The normalized spacial score (nSPS) is 12.0. The Morgan fingerprint density at radius 1 is 1.15 bits per heavy atom. The Labute approximate surface area is 120 Å². The van der Waals surface area contributed by atoms with Crippen molar-refractivity contribution < 1.29 is 0 Å². The Kier molecular flexibility index (Phi) is 4.56. The number of benzene rings is 1. The second-order valence-corrected chi connectivity index (χ2v) is 4.88. The lowest BCUT2D eigenvalue weighted by Gasteiger charge is -2.18. The van der Waals surface area contributed by atoms with E-state index in [1.54, 1.807) is 0 Å². The van der Waals surface area contributed by atoms with E-state index in [4.69, 9.17) is 0 Å². The van der Waals surface area contributed by atoms with E-state index < -0.39 is 0 Å². The van der Waals surface area contributed by atoms with Gasteiger partial charge in [-0.05, 0) is 25.0 Å². The third-order valence-corrected chi connectivity index (χ3v) is 3.36. The molecule has 1 atom stereocenters. The van der Waals surface area contributed by atoms with Crippen molar-refractivity contribution in [3.05, 3.63) is 47.3 Å². The second-order valence-electron chi connectivity index (χ2n) is 4.88. The van der Waals surface area contributed by atoms with Gasteiger partial charge in [0.25, 0.3) is 0 Å². The van der Waals surface area contributed by atoms with Gasteiger partial charge in [0.1, 0.15) is 17.5 Å². The van der Waals surface area contributed by atoms with E-state index in [0.29, 0.717) is 0 Å². The van der Waals surface area contributed by atoms with Gasteiger partial charge in [-0.15, -0.1) is 0 Å². The molecule has 0 aliphatic carbocycles. The molecule has 1 aromatic heterocycles. The average Bonchev–Trinajstić information content (AvgIpc) is 2.47. The Morgan fingerprint density at radius 3 is 2.50 bits per heavy atom. The van der Waals surface area contributed by atoms with Crippen molar-refractivity contribution in [3.8, 4) is 0 Å². The molecule has 0 radical (unpaired) electrons. The van der Waals surface area contributed by atoms with Gasteiger partial charge < -0.3 is 10.6 Å². The lowest BCUT2D eigenvalue weighted by molar-refractivity contribution is 0.850. The maximum absolute atomic E-state index is 4.53. The number of hydrogen-bond donors (Lipinski definition) is 2. The van der Waals surface area contributed by atoms with Gasteiger partial charge in [0.2, 0.25) is 0 Å². The van der Waals surface area contributed by atoms with Crippen molar-refractivity contribution in [1.82, 2.24) is 9.97 Å². The van der Waals surface area contributed by atoms with Gasteiger partial charge in [-0.1, -0.05) is 31.2 Å². The largest absolute Gasteiger partial charge is 0.373 e. The fourth-order valence-electron chi connectivity index (χ4n) is 2.23. The summed E-state index contributed by atoms with van der Waals surface area (Å²) in [6.45, 7) is 6.34. The molecule has 2 rings (SSSR count). The van der Waals surface area contributed by atoms with Crippen LogP contribution in [0.25, 0.3) is 0 Å². The fraction of sp³-hybridized carbons (Fsp3) is 0.375. The Balaban J connectivity index is 2.23. The molecule has 0 saturated carbocycles. The summed E-state index contributed by atoms with van der Waals surface area (Å²) < 4.78 is 0. The van der Waals surface area contributed by atoms with Crippen LogP contribution in [0.1, 0.15) is 36.8 Å². The first-order valence-corrected chi connectivity index (χ1v) is 7.01. The second kappa shape index (κ2) is 6.37. The van der Waals surface area contributed by atoms with Crippen LogP contribution in [0.2, 0.25) is 0 Å². The molecule has 2 N–H and O–H groups in total. The fourth-order valence-corrected chi connectivity index (χ4v) is 2.23. The molecular formula is C16H22N4. The van der Waals surface area contributed by atoms with Crippen molar-refractivity contribution in [1.29, 1.82) is 0 Å². The number of aromatic nitrogens is 2. The zero-order valence-corrected chi connectivity index (χ0v) is 12.6. The molecular weight excluding hydrogens is 248 g/mol. The molecule has 0 bridgehead atoms. The van der Waals surface area contributed by atoms with Crippen LogP contribution < -0.4 is 10.6 Å². The lowest BCUT2D eigenvalue weighted by atomic mass is 10.0. The third-order valence-electron chi connectivity index (χ3n) is 3.36. The van der Waals surface area contributed by atoms with E-state index in [-0.39, 0.29) is 6.04 Å². The first-order valence-electron chi connectivity index (χ1n) is 7.01. The van der Waals surface area contributed by atoms with Gasteiger partial charge >= 0.3 is 0 Å². The smallest absolute Gasteiger partial charge is 0.132 e. The Bertz CT molecular complexity index is 558. The highest BCUT2D eigenvalue weighted by Crippen LogP contribution is 2.22. The maximum atomic E-state index is 4.53. The van der Waals surface area contributed by atoms with Crippen molar-refractivity contribution in [2.75, 3.05) is 17.7 Å².